The molecule has 10 nitrogen and oxygen atoms in total. The van der Waals surface area contributed by atoms with Crippen LogP contribution >= 0.6 is 7.82 Å². The first-order valence-electron chi connectivity index (χ1n) is 3.56. The molecule has 1 atom stereocenters. The first-order chi connectivity index (χ1) is 7.02. The topological polar surface area (TPSA) is 171 Å². The van der Waals surface area contributed by atoms with Gasteiger partial charge in [0.1, 0.15) is 12.7 Å². The van der Waals surface area contributed by atoms with Crippen LogP contribution in [0, 0.1) is 0 Å². The first kappa shape index (κ1) is 17.1. The van der Waals surface area contributed by atoms with E-state index in [1.54, 1.807) is 0 Å². The molecule has 11 heteroatoms. The number of carbonyl (C=O) groups is 2. The molecule has 16 heavy (non-hydrogen) atoms. The van der Waals surface area contributed by atoms with Crippen molar-refractivity contribution in [1.82, 2.24) is 0 Å². The van der Waals surface area contributed by atoms with Crippen LogP contribution in [0.2, 0.25) is 0 Å². The minimum atomic E-state index is -4.64. The van der Waals surface area contributed by atoms with Gasteiger partial charge in [0.25, 0.3) is 0 Å². The number of ether oxygens (including phenoxy) is 2. The van der Waals surface area contributed by atoms with Crippen LogP contribution in [0.4, 0.5) is 9.59 Å². The Balaban J connectivity index is 0. The Morgan fingerprint density at radius 3 is 1.81 bits per heavy atom. The molecule has 1 unspecified atom stereocenters. The van der Waals surface area contributed by atoms with Crippen LogP contribution in [-0.4, -0.2) is 49.9 Å². The summed E-state index contributed by atoms with van der Waals surface area (Å²) < 4.78 is 17.0. The summed E-state index contributed by atoms with van der Waals surface area (Å²) in [6.07, 6.45) is -3.68. The van der Waals surface area contributed by atoms with Gasteiger partial charge in [0, 0.05) is 0 Å². The molecule has 0 fully saturated rings. The van der Waals surface area contributed by atoms with Gasteiger partial charge in [-0.1, -0.05) is 0 Å². The molecule has 0 aromatic rings. The van der Waals surface area contributed by atoms with Gasteiger partial charge in [-0.05, 0) is 6.92 Å². The Morgan fingerprint density at radius 2 is 1.56 bits per heavy atom. The van der Waals surface area contributed by atoms with Crippen molar-refractivity contribution in [2.45, 2.75) is 13.0 Å². The lowest BCUT2D eigenvalue weighted by molar-refractivity contribution is 0.0122. The normalized spacial score (nSPS) is 11.8. The van der Waals surface area contributed by atoms with E-state index in [9.17, 15) is 9.59 Å². The van der Waals surface area contributed by atoms with Crippen LogP contribution in [0.15, 0.2) is 0 Å². The molecule has 0 aliphatic carbocycles. The zero-order valence-electron chi connectivity index (χ0n) is 8.01. The Kier molecular flexibility index (Phi) is 8.40. The predicted molar refractivity (Wildman–Crippen MR) is 46.8 cm³/mol. The lowest BCUT2D eigenvalue weighted by atomic mass is 10.4. The molecule has 0 spiro atoms. The van der Waals surface area contributed by atoms with E-state index in [0.29, 0.717) is 0 Å². The van der Waals surface area contributed by atoms with E-state index >= 15 is 0 Å². The molecule has 0 saturated carbocycles. The van der Waals surface area contributed by atoms with Gasteiger partial charge >= 0.3 is 20.1 Å². The van der Waals surface area contributed by atoms with Gasteiger partial charge in [-0.25, -0.2) is 14.2 Å². The van der Waals surface area contributed by atoms with Gasteiger partial charge in [-0.15, -0.1) is 0 Å². The number of hydrogen-bond donors (Lipinski definition) is 5. The zero-order valence-corrected chi connectivity index (χ0v) is 8.90. The van der Waals surface area contributed by atoms with Crippen molar-refractivity contribution in [3.63, 3.8) is 0 Å². The fourth-order valence-electron chi connectivity index (χ4n) is 0.395. The predicted octanol–water partition coefficient (Wildman–Crippen LogP) is -0.165. The lowest BCUT2D eigenvalue weighted by Crippen LogP contribution is -2.20. The van der Waals surface area contributed by atoms with Gasteiger partial charge in [-0.3, -0.25) is 0 Å². The van der Waals surface area contributed by atoms with E-state index in [2.05, 4.69) is 9.47 Å². The zero-order chi connectivity index (χ0) is 13.4. The number of hydrogen-bond acceptors (Lipinski definition) is 5. The summed E-state index contributed by atoms with van der Waals surface area (Å²) in [5.41, 5.74) is 0. The van der Waals surface area contributed by atoms with Gasteiger partial charge in [0.2, 0.25) is 0 Å². The molecule has 0 aliphatic rings. The first-order valence-corrected chi connectivity index (χ1v) is 5.12. The molecule has 0 saturated heterocycles. The smallest absolute Gasteiger partial charge is 0.450 e. The highest BCUT2D eigenvalue weighted by atomic mass is 31.2. The monoisotopic (exact) mass is 262 g/mol. The minimum absolute atomic E-state index is 0.290. The van der Waals surface area contributed by atoms with E-state index < -0.39 is 26.2 Å². The molecule has 96 valence electrons. The quantitative estimate of drug-likeness (QED) is 0.339. The van der Waals surface area contributed by atoms with Crippen molar-refractivity contribution in [1.29, 1.82) is 0 Å². The second-order valence-corrected chi connectivity index (χ2v) is 3.31. The molecular formula is C5H11O10P. The number of carboxylic acid groups (broad SMARTS) is 2. The SMILES string of the molecule is CC(COC(=O)O)OC(=O)O.O=P(O)(O)O. The third kappa shape index (κ3) is 29.3. The highest BCUT2D eigenvalue weighted by Gasteiger charge is 2.09. The summed E-state index contributed by atoms with van der Waals surface area (Å²) in [6, 6.07) is 0. The van der Waals surface area contributed by atoms with E-state index in [0.717, 1.165) is 0 Å². The highest BCUT2D eigenvalue weighted by Crippen LogP contribution is 2.25. The van der Waals surface area contributed by atoms with Crippen molar-refractivity contribution < 1.29 is 48.5 Å². The molecule has 5 N–H and O–H groups in total. The van der Waals surface area contributed by atoms with Gasteiger partial charge in [-0.2, -0.15) is 0 Å². The maximum absolute atomic E-state index is 9.83. The Morgan fingerprint density at radius 1 is 1.19 bits per heavy atom. The van der Waals surface area contributed by atoms with Crippen molar-refractivity contribution >= 4 is 20.1 Å². The minimum Gasteiger partial charge on any atom is -0.450 e. The third-order valence-electron chi connectivity index (χ3n) is 0.744. The largest absolute Gasteiger partial charge is 0.506 e. The van der Waals surface area contributed by atoms with Crippen LogP contribution in [0.3, 0.4) is 0 Å². The fourth-order valence-corrected chi connectivity index (χ4v) is 0.395. The van der Waals surface area contributed by atoms with Crippen LogP contribution < -0.4 is 0 Å². The summed E-state index contributed by atoms with van der Waals surface area (Å²) in [7, 11) is -4.64. The third-order valence-corrected chi connectivity index (χ3v) is 0.744. The summed E-state index contributed by atoms with van der Waals surface area (Å²) in [5, 5.41) is 16.0. The van der Waals surface area contributed by atoms with E-state index in [1.807, 2.05) is 0 Å². The summed E-state index contributed by atoms with van der Waals surface area (Å²) >= 11 is 0. The van der Waals surface area contributed by atoms with Crippen molar-refractivity contribution in [3.05, 3.63) is 0 Å². The van der Waals surface area contributed by atoms with Crippen molar-refractivity contribution in [2.75, 3.05) is 6.61 Å². The van der Waals surface area contributed by atoms with E-state index in [-0.39, 0.29) is 6.61 Å². The van der Waals surface area contributed by atoms with Gasteiger partial charge in [0.15, 0.2) is 0 Å². The van der Waals surface area contributed by atoms with Crippen LogP contribution in [0.5, 0.6) is 0 Å². The van der Waals surface area contributed by atoms with Crippen molar-refractivity contribution in [2.24, 2.45) is 0 Å². The van der Waals surface area contributed by atoms with Crippen LogP contribution in [0.1, 0.15) is 6.92 Å². The van der Waals surface area contributed by atoms with E-state index in [4.69, 9.17) is 29.5 Å². The molecule has 0 radical (unpaired) electrons. The average molecular weight is 262 g/mol. The standard InChI is InChI=1S/C5H8O6.H3O4P/c1-3(11-5(8)9)2-10-4(6)7;1-5(2,3)4/h3H,2H2,1H3,(H,6,7)(H,8,9);(H3,1,2,3,4). The Hall–Kier alpha value is -1.35. The fraction of sp³-hybridized carbons (Fsp3) is 0.600. The van der Waals surface area contributed by atoms with Crippen molar-refractivity contribution in [3.8, 4) is 0 Å². The lowest BCUT2D eigenvalue weighted by Gasteiger charge is -2.08. The molecule has 0 amide bonds. The molecule has 0 rings (SSSR count). The molecule has 0 aliphatic heterocycles. The summed E-state index contributed by atoms with van der Waals surface area (Å²) in [5.74, 6) is 0. The molecule has 0 bridgehead atoms. The maximum atomic E-state index is 9.83. The van der Waals surface area contributed by atoms with Crippen LogP contribution in [0.25, 0.3) is 0 Å². The maximum Gasteiger partial charge on any atom is 0.506 e. The summed E-state index contributed by atoms with van der Waals surface area (Å²) in [4.78, 5) is 41.2. The second-order valence-electron chi connectivity index (χ2n) is 2.28. The van der Waals surface area contributed by atoms with Gasteiger partial charge < -0.3 is 34.4 Å². The van der Waals surface area contributed by atoms with Gasteiger partial charge in [0.05, 0.1) is 0 Å². The highest BCUT2D eigenvalue weighted by molar-refractivity contribution is 7.45. The molecule has 0 heterocycles. The number of phosphoric acid groups is 1. The molecule has 0 aromatic carbocycles. The summed E-state index contributed by atoms with van der Waals surface area (Å²) in [6.45, 7) is 1.10. The van der Waals surface area contributed by atoms with E-state index in [1.165, 1.54) is 6.92 Å². The van der Waals surface area contributed by atoms with Crippen LogP contribution in [-0.2, 0) is 14.0 Å². The Bertz CT molecular complexity index is 260. The Labute approximate surface area is 89.3 Å². The molecular weight excluding hydrogens is 251 g/mol. The number of rotatable bonds is 3. The average Bonchev–Trinajstić information content (AvgIpc) is 1.96. The molecule has 0 aromatic heterocycles. The second kappa shape index (κ2) is 7.88.